The highest BCUT2D eigenvalue weighted by molar-refractivity contribution is 5.50. The molecule has 2 aromatic heterocycles. The van der Waals surface area contributed by atoms with Gasteiger partial charge in [0.15, 0.2) is 0 Å². The fourth-order valence-electron chi connectivity index (χ4n) is 2.69. The molecule has 7 nitrogen and oxygen atoms in total. The number of fused-ring (bicyclic) bond motifs is 1. The lowest BCUT2D eigenvalue weighted by Gasteiger charge is -2.19. The van der Waals surface area contributed by atoms with Gasteiger partial charge in [-0.1, -0.05) is 0 Å². The third-order valence-corrected chi connectivity index (χ3v) is 3.96. The van der Waals surface area contributed by atoms with Crippen LogP contribution in [0.1, 0.15) is 30.0 Å². The topological polar surface area (TPSA) is 73.6 Å². The Morgan fingerprint density at radius 2 is 1.85 bits per heavy atom. The summed E-state index contributed by atoms with van der Waals surface area (Å²) < 4.78 is 50.5. The third kappa shape index (κ3) is 3.74. The predicted octanol–water partition coefficient (Wildman–Crippen LogP) is 3.64. The minimum atomic E-state index is -4.65. The van der Waals surface area contributed by atoms with Crippen LogP contribution in [0.2, 0.25) is 0 Å². The molecule has 0 aliphatic rings. The van der Waals surface area contributed by atoms with Gasteiger partial charge in [0.2, 0.25) is 0 Å². The Morgan fingerprint density at radius 3 is 2.48 bits per heavy atom. The van der Waals surface area contributed by atoms with Crippen molar-refractivity contribution < 1.29 is 22.6 Å². The van der Waals surface area contributed by atoms with Crippen molar-refractivity contribution in [2.45, 2.75) is 26.1 Å². The van der Waals surface area contributed by atoms with E-state index in [1.807, 2.05) is 6.92 Å². The van der Waals surface area contributed by atoms with E-state index in [-0.39, 0.29) is 11.8 Å². The van der Waals surface area contributed by atoms with Gasteiger partial charge < -0.3 is 14.8 Å². The second-order valence-electron chi connectivity index (χ2n) is 5.90. The summed E-state index contributed by atoms with van der Waals surface area (Å²) in [6.45, 7) is 3.52. The molecule has 0 spiro atoms. The van der Waals surface area contributed by atoms with Gasteiger partial charge in [-0.05, 0) is 32.0 Å². The van der Waals surface area contributed by atoms with E-state index < -0.39 is 12.0 Å². The van der Waals surface area contributed by atoms with Gasteiger partial charge >= 0.3 is 6.18 Å². The molecular formula is C17H18F3N5O2. The van der Waals surface area contributed by atoms with Crippen LogP contribution in [0.4, 0.5) is 19.0 Å². The molecule has 0 aliphatic carbocycles. The van der Waals surface area contributed by atoms with Gasteiger partial charge in [-0.2, -0.15) is 22.7 Å². The normalized spacial score (nSPS) is 12.9. The summed E-state index contributed by atoms with van der Waals surface area (Å²) in [4.78, 5) is 7.49. The van der Waals surface area contributed by atoms with E-state index in [0.717, 1.165) is 10.1 Å². The summed E-state index contributed by atoms with van der Waals surface area (Å²) in [5.41, 5.74) is 1.28. The first kappa shape index (κ1) is 18.7. The number of methoxy groups -OCH3 is 2. The zero-order valence-corrected chi connectivity index (χ0v) is 15.1. The van der Waals surface area contributed by atoms with E-state index in [1.54, 1.807) is 45.4 Å². The molecule has 2 heterocycles. The van der Waals surface area contributed by atoms with Crippen LogP contribution in [0.15, 0.2) is 24.3 Å². The van der Waals surface area contributed by atoms with Crippen molar-refractivity contribution >= 4 is 11.6 Å². The molecule has 10 heteroatoms. The molecule has 0 saturated carbocycles. The fraction of sp³-hybridized carbons (Fsp3) is 0.353. The number of hydrogen-bond acceptors (Lipinski definition) is 6. The fourth-order valence-corrected chi connectivity index (χ4v) is 2.69. The van der Waals surface area contributed by atoms with E-state index in [1.165, 1.54) is 0 Å². The Balaban J connectivity index is 2.02. The molecule has 0 fully saturated rings. The van der Waals surface area contributed by atoms with Crippen molar-refractivity contribution in [3.05, 3.63) is 41.3 Å². The average Bonchev–Trinajstić information content (AvgIpc) is 3.05. The number of alkyl halides is 3. The lowest BCUT2D eigenvalue weighted by Crippen LogP contribution is -2.13. The SMILES string of the molecule is COc1ccc(OC)c(C(C)Nc2cc(C)nc3nc(C(F)(F)F)nn23)c1. The van der Waals surface area contributed by atoms with Gasteiger partial charge in [-0.3, -0.25) is 0 Å². The van der Waals surface area contributed by atoms with Crippen LogP contribution < -0.4 is 14.8 Å². The Hall–Kier alpha value is -3.04. The molecule has 144 valence electrons. The maximum absolute atomic E-state index is 13.0. The standard InChI is InChI=1S/C17H18F3N5O2/c1-9-7-14(25-16(21-9)23-15(24-25)17(18,19)20)22-10(2)12-8-11(26-3)5-6-13(12)27-4/h5-8,10,22H,1-4H3. The Bertz CT molecular complexity index is 971. The number of aromatic nitrogens is 4. The van der Waals surface area contributed by atoms with Gasteiger partial charge in [0.05, 0.1) is 20.3 Å². The number of aryl methyl sites for hydroxylation is 1. The summed E-state index contributed by atoms with van der Waals surface area (Å²) in [5.74, 6) is 0.214. The summed E-state index contributed by atoms with van der Waals surface area (Å²) in [7, 11) is 3.09. The molecule has 3 aromatic rings. The monoisotopic (exact) mass is 381 g/mol. The highest BCUT2D eigenvalue weighted by atomic mass is 19.4. The number of rotatable bonds is 5. The maximum Gasteiger partial charge on any atom is 0.453 e. The van der Waals surface area contributed by atoms with Crippen molar-refractivity contribution in [2.24, 2.45) is 0 Å². The van der Waals surface area contributed by atoms with E-state index in [4.69, 9.17) is 9.47 Å². The molecule has 1 N–H and O–H groups in total. The molecule has 0 saturated heterocycles. The van der Waals surface area contributed by atoms with E-state index in [9.17, 15) is 13.2 Å². The van der Waals surface area contributed by atoms with Crippen LogP contribution in [0, 0.1) is 6.92 Å². The van der Waals surface area contributed by atoms with Crippen LogP contribution >= 0.6 is 0 Å². The first-order valence-electron chi connectivity index (χ1n) is 8.03. The predicted molar refractivity (Wildman–Crippen MR) is 92.1 cm³/mol. The molecular weight excluding hydrogens is 363 g/mol. The molecule has 0 aliphatic heterocycles. The molecule has 0 amide bonds. The van der Waals surface area contributed by atoms with E-state index in [2.05, 4.69) is 20.4 Å². The van der Waals surface area contributed by atoms with E-state index >= 15 is 0 Å². The minimum Gasteiger partial charge on any atom is -0.497 e. The summed E-state index contributed by atoms with van der Waals surface area (Å²) in [6.07, 6.45) is -4.65. The number of halogens is 3. The van der Waals surface area contributed by atoms with Crippen LogP contribution in [-0.4, -0.2) is 33.8 Å². The second kappa shape index (κ2) is 6.93. The van der Waals surface area contributed by atoms with Crippen molar-refractivity contribution in [3.8, 4) is 11.5 Å². The lowest BCUT2D eigenvalue weighted by atomic mass is 10.1. The number of benzene rings is 1. The number of anilines is 1. The average molecular weight is 381 g/mol. The Labute approximate surface area is 153 Å². The molecule has 1 atom stereocenters. The minimum absolute atomic E-state index is 0.130. The smallest absolute Gasteiger partial charge is 0.453 e. The van der Waals surface area contributed by atoms with Crippen LogP contribution in [0.5, 0.6) is 11.5 Å². The first-order valence-corrected chi connectivity index (χ1v) is 8.03. The van der Waals surface area contributed by atoms with Crippen LogP contribution in [0.25, 0.3) is 5.78 Å². The highest BCUT2D eigenvalue weighted by Crippen LogP contribution is 2.32. The van der Waals surface area contributed by atoms with Crippen molar-refractivity contribution in [3.63, 3.8) is 0 Å². The molecule has 0 radical (unpaired) electrons. The number of hydrogen-bond donors (Lipinski definition) is 1. The third-order valence-electron chi connectivity index (χ3n) is 3.96. The van der Waals surface area contributed by atoms with Crippen molar-refractivity contribution in [1.29, 1.82) is 0 Å². The van der Waals surface area contributed by atoms with Gasteiger partial charge in [-0.25, -0.2) is 4.98 Å². The van der Waals surface area contributed by atoms with Gasteiger partial charge in [0, 0.05) is 17.3 Å². The molecule has 1 unspecified atom stereocenters. The summed E-state index contributed by atoms with van der Waals surface area (Å²) in [6, 6.07) is 6.60. The Kier molecular flexibility index (Phi) is 4.81. The second-order valence-corrected chi connectivity index (χ2v) is 5.90. The molecule has 1 aromatic carbocycles. The number of nitrogens with one attached hydrogen (secondary N) is 1. The van der Waals surface area contributed by atoms with Gasteiger partial charge in [-0.15, -0.1) is 5.10 Å². The molecule has 0 bridgehead atoms. The van der Waals surface area contributed by atoms with Crippen LogP contribution in [-0.2, 0) is 6.18 Å². The quantitative estimate of drug-likeness (QED) is 0.727. The molecule has 3 rings (SSSR count). The zero-order chi connectivity index (χ0) is 19.8. The van der Waals surface area contributed by atoms with Crippen molar-refractivity contribution in [2.75, 3.05) is 19.5 Å². The maximum atomic E-state index is 13.0. The zero-order valence-electron chi connectivity index (χ0n) is 15.1. The van der Waals surface area contributed by atoms with Gasteiger partial charge in [0.1, 0.15) is 17.3 Å². The number of nitrogens with zero attached hydrogens (tertiary/aromatic N) is 4. The first-order chi connectivity index (χ1) is 12.7. The lowest BCUT2D eigenvalue weighted by molar-refractivity contribution is -0.144. The molecule has 27 heavy (non-hydrogen) atoms. The van der Waals surface area contributed by atoms with Crippen molar-refractivity contribution in [1.82, 2.24) is 19.6 Å². The summed E-state index contributed by atoms with van der Waals surface area (Å²) in [5, 5.41) is 6.70. The van der Waals surface area contributed by atoms with Crippen LogP contribution in [0.3, 0.4) is 0 Å². The summed E-state index contributed by atoms with van der Waals surface area (Å²) >= 11 is 0. The number of ether oxygens (including phenoxy) is 2. The highest BCUT2D eigenvalue weighted by Gasteiger charge is 2.37. The van der Waals surface area contributed by atoms with Gasteiger partial charge in [0.25, 0.3) is 11.6 Å². The largest absolute Gasteiger partial charge is 0.497 e. The Morgan fingerprint density at radius 1 is 1.11 bits per heavy atom. The van der Waals surface area contributed by atoms with E-state index in [0.29, 0.717) is 23.0 Å².